The zero-order chi connectivity index (χ0) is 26.6. The number of ether oxygens (including phenoxy) is 1. The van der Waals surface area contributed by atoms with Crippen LogP contribution in [0.25, 0.3) is 10.8 Å². The molecule has 6 rings (SSSR count). The molecule has 3 aliphatic rings. The first-order valence-corrected chi connectivity index (χ1v) is 13.8. The van der Waals surface area contributed by atoms with Crippen LogP contribution in [-0.4, -0.2) is 81.7 Å². The lowest BCUT2D eigenvalue weighted by molar-refractivity contribution is -0.117. The van der Waals surface area contributed by atoms with Gasteiger partial charge >= 0.3 is 0 Å². The van der Waals surface area contributed by atoms with Gasteiger partial charge in [-0.2, -0.15) is 5.10 Å². The van der Waals surface area contributed by atoms with Crippen molar-refractivity contribution >= 4 is 39.8 Å². The summed E-state index contributed by atoms with van der Waals surface area (Å²) in [6.45, 7) is 10.5. The van der Waals surface area contributed by atoms with E-state index in [1.807, 2.05) is 29.1 Å². The minimum Gasteiger partial charge on any atom is -0.389 e. The van der Waals surface area contributed by atoms with Gasteiger partial charge in [0.05, 0.1) is 35.6 Å². The number of benzene rings is 1. The molecule has 2 aliphatic heterocycles. The third-order valence-electron chi connectivity index (χ3n) is 8.47. The molecule has 9 nitrogen and oxygen atoms in total. The van der Waals surface area contributed by atoms with E-state index in [9.17, 15) is 9.90 Å². The summed E-state index contributed by atoms with van der Waals surface area (Å²) in [5, 5.41) is 20.5. The quantitative estimate of drug-likeness (QED) is 0.494. The first kappa shape index (κ1) is 25.6. The van der Waals surface area contributed by atoms with Crippen molar-refractivity contribution in [3.8, 4) is 0 Å². The predicted octanol–water partition coefficient (Wildman–Crippen LogP) is 3.68. The summed E-state index contributed by atoms with van der Waals surface area (Å²) in [6.07, 6.45) is 3.93. The summed E-state index contributed by atoms with van der Waals surface area (Å²) in [5.41, 5.74) is 1.75. The summed E-state index contributed by atoms with van der Waals surface area (Å²) < 4.78 is 7.54. The number of nitrogens with one attached hydrogen (secondary N) is 1. The van der Waals surface area contributed by atoms with Crippen molar-refractivity contribution in [1.82, 2.24) is 19.7 Å². The number of amides is 1. The highest BCUT2D eigenvalue weighted by atomic mass is 35.5. The van der Waals surface area contributed by atoms with E-state index < -0.39 is 6.10 Å². The summed E-state index contributed by atoms with van der Waals surface area (Å²) in [5.74, 6) is 0.676. The zero-order valence-corrected chi connectivity index (χ0v) is 22.9. The molecule has 3 aromatic rings. The molecule has 4 atom stereocenters. The number of halogens is 1. The number of rotatable bonds is 6. The Morgan fingerprint density at radius 2 is 2.00 bits per heavy atom. The second kappa shape index (κ2) is 9.79. The van der Waals surface area contributed by atoms with Crippen molar-refractivity contribution in [1.29, 1.82) is 0 Å². The van der Waals surface area contributed by atoms with Gasteiger partial charge in [0.25, 0.3) is 0 Å². The van der Waals surface area contributed by atoms with E-state index in [0.29, 0.717) is 24.1 Å². The summed E-state index contributed by atoms with van der Waals surface area (Å²) >= 11 is 6.70. The molecule has 1 amide bonds. The van der Waals surface area contributed by atoms with Crippen LogP contribution in [0.15, 0.2) is 36.7 Å². The molecule has 3 fully saturated rings. The Bertz CT molecular complexity index is 1350. The molecule has 2 aromatic heterocycles. The van der Waals surface area contributed by atoms with Crippen LogP contribution in [0.1, 0.15) is 44.8 Å². The Morgan fingerprint density at radius 3 is 2.71 bits per heavy atom. The average molecular weight is 539 g/mol. The van der Waals surface area contributed by atoms with E-state index >= 15 is 0 Å². The van der Waals surface area contributed by atoms with Gasteiger partial charge in [-0.15, -0.1) is 0 Å². The lowest BCUT2D eigenvalue weighted by Crippen LogP contribution is -2.60. The molecule has 0 radical (unpaired) electrons. The normalized spacial score (nSPS) is 27.8. The molecule has 1 aromatic carbocycles. The molecule has 38 heavy (non-hydrogen) atoms. The van der Waals surface area contributed by atoms with Gasteiger partial charge in [-0.25, -0.2) is 4.98 Å². The number of piperazine rings is 1. The van der Waals surface area contributed by atoms with Crippen molar-refractivity contribution in [3.05, 3.63) is 47.4 Å². The van der Waals surface area contributed by atoms with Gasteiger partial charge in [0.1, 0.15) is 5.82 Å². The van der Waals surface area contributed by atoms with Gasteiger partial charge in [0, 0.05) is 67.5 Å². The monoisotopic (exact) mass is 538 g/mol. The van der Waals surface area contributed by atoms with Crippen LogP contribution < -0.4 is 10.2 Å². The Kier molecular flexibility index (Phi) is 6.58. The molecule has 1 aliphatic carbocycles. The molecule has 202 valence electrons. The Morgan fingerprint density at radius 1 is 1.21 bits per heavy atom. The van der Waals surface area contributed by atoms with Crippen molar-refractivity contribution in [2.75, 3.05) is 49.6 Å². The minimum absolute atomic E-state index is 0.00441. The topological polar surface area (TPSA) is 95.8 Å². The summed E-state index contributed by atoms with van der Waals surface area (Å²) in [4.78, 5) is 22.1. The fraction of sp³-hybridized carbons (Fsp3) is 0.536. The fourth-order valence-electron chi connectivity index (χ4n) is 5.96. The van der Waals surface area contributed by atoms with Crippen molar-refractivity contribution in [2.45, 2.75) is 50.8 Å². The van der Waals surface area contributed by atoms with Crippen LogP contribution in [0.4, 0.5) is 11.5 Å². The first-order valence-electron chi connectivity index (χ1n) is 13.4. The van der Waals surface area contributed by atoms with Crippen molar-refractivity contribution in [2.24, 2.45) is 5.92 Å². The van der Waals surface area contributed by atoms with Gasteiger partial charge in [-0.1, -0.05) is 11.6 Å². The summed E-state index contributed by atoms with van der Waals surface area (Å²) in [7, 11) is 0. The first-order chi connectivity index (χ1) is 18.2. The number of hydrogen-bond acceptors (Lipinski definition) is 7. The Balaban J connectivity index is 1.14. The second-order valence-electron chi connectivity index (χ2n) is 11.3. The lowest BCUT2D eigenvalue weighted by Gasteiger charge is -2.45. The molecule has 1 saturated carbocycles. The number of pyridine rings is 1. The van der Waals surface area contributed by atoms with Gasteiger partial charge in [0.2, 0.25) is 5.91 Å². The molecule has 0 bridgehead atoms. The third kappa shape index (κ3) is 4.55. The number of fused-ring (bicyclic) bond motifs is 1. The van der Waals surface area contributed by atoms with Crippen LogP contribution in [0.5, 0.6) is 0 Å². The lowest BCUT2D eigenvalue weighted by atomic mass is 9.95. The standard InChI is InChI=1S/C28H35ClN6O3/c1-17(2)35-23(4-5-31-35)20-13-21(20)27(37)32-26-12-18-11-24(22(29)10-19(18)14-30-26)33-6-8-34(9-7-33)28(3)16-38-15-25(28)36/h4-5,10-12,14,17,20-21,25,36H,6-9,13,15-16H2,1-3H3,(H,30,32,37)/t20-,21-,25+,28-/m1/s1. The number of carbonyl (C=O) groups excluding carboxylic acids is 1. The van der Waals surface area contributed by atoms with Crippen LogP contribution in [0, 0.1) is 5.92 Å². The number of carbonyl (C=O) groups is 1. The summed E-state index contributed by atoms with van der Waals surface area (Å²) in [6, 6.07) is 8.23. The highest BCUT2D eigenvalue weighted by Gasteiger charge is 2.46. The maximum absolute atomic E-state index is 13.0. The zero-order valence-electron chi connectivity index (χ0n) is 22.1. The molecule has 0 unspecified atom stereocenters. The predicted molar refractivity (Wildman–Crippen MR) is 148 cm³/mol. The van der Waals surface area contributed by atoms with Crippen molar-refractivity contribution < 1.29 is 14.6 Å². The number of aliphatic hydroxyl groups is 1. The van der Waals surface area contributed by atoms with E-state index in [2.05, 4.69) is 52.0 Å². The van der Waals surface area contributed by atoms with Gasteiger partial charge in [0.15, 0.2) is 0 Å². The molecule has 2 saturated heterocycles. The molecule has 2 N–H and O–H groups in total. The highest BCUT2D eigenvalue weighted by molar-refractivity contribution is 6.34. The highest BCUT2D eigenvalue weighted by Crippen LogP contribution is 2.48. The number of nitrogens with zero attached hydrogens (tertiary/aromatic N) is 5. The van der Waals surface area contributed by atoms with Crippen LogP contribution in [0.3, 0.4) is 0 Å². The Labute approximate surface area is 227 Å². The maximum atomic E-state index is 13.0. The van der Waals surface area contributed by atoms with E-state index in [1.165, 1.54) is 0 Å². The van der Waals surface area contributed by atoms with Crippen LogP contribution >= 0.6 is 11.6 Å². The van der Waals surface area contributed by atoms with Crippen LogP contribution in [0.2, 0.25) is 5.02 Å². The number of aliphatic hydroxyl groups excluding tert-OH is 1. The minimum atomic E-state index is -0.470. The smallest absolute Gasteiger partial charge is 0.229 e. The molecular formula is C28H35ClN6O3. The van der Waals surface area contributed by atoms with Gasteiger partial charge < -0.3 is 20.1 Å². The molecule has 0 spiro atoms. The number of hydrogen-bond donors (Lipinski definition) is 2. The van der Waals surface area contributed by atoms with E-state index in [-0.39, 0.29) is 29.3 Å². The van der Waals surface area contributed by atoms with E-state index in [1.54, 1.807) is 6.20 Å². The molecule has 10 heteroatoms. The molecule has 4 heterocycles. The van der Waals surface area contributed by atoms with Gasteiger partial charge in [-0.3, -0.25) is 14.4 Å². The van der Waals surface area contributed by atoms with E-state index in [0.717, 1.165) is 54.8 Å². The average Bonchev–Trinajstić information content (AvgIpc) is 3.40. The van der Waals surface area contributed by atoms with Gasteiger partial charge in [-0.05, 0) is 56.8 Å². The van der Waals surface area contributed by atoms with Crippen LogP contribution in [-0.2, 0) is 9.53 Å². The maximum Gasteiger partial charge on any atom is 0.229 e. The SMILES string of the molecule is CC(C)n1nccc1[C@@H]1C[C@H]1C(=O)Nc1cc2cc(N3CCN([C@]4(C)COC[C@@H]4O)CC3)c(Cl)cc2cn1. The Hall–Kier alpha value is -2.72. The number of anilines is 2. The van der Waals surface area contributed by atoms with Crippen molar-refractivity contribution in [3.63, 3.8) is 0 Å². The number of aromatic nitrogens is 3. The fourth-order valence-corrected chi connectivity index (χ4v) is 6.25. The second-order valence-corrected chi connectivity index (χ2v) is 11.7. The van der Waals surface area contributed by atoms with E-state index in [4.69, 9.17) is 16.3 Å². The largest absolute Gasteiger partial charge is 0.389 e. The molecular weight excluding hydrogens is 504 g/mol. The third-order valence-corrected chi connectivity index (χ3v) is 8.77.